The summed E-state index contributed by atoms with van der Waals surface area (Å²) in [6.45, 7) is 8.78. The molecule has 0 fully saturated rings. The number of nitrogens with one attached hydrogen (secondary N) is 2. The highest BCUT2D eigenvalue weighted by molar-refractivity contribution is 5.81. The van der Waals surface area contributed by atoms with E-state index in [1.54, 1.807) is 7.11 Å². The predicted molar refractivity (Wildman–Crippen MR) is 74.1 cm³/mol. The van der Waals surface area contributed by atoms with Crippen LogP contribution < -0.4 is 10.6 Å². The number of hydrogen-bond donors (Lipinski definition) is 2. The molecule has 0 aliphatic heterocycles. The molecule has 1 rings (SSSR count). The summed E-state index contributed by atoms with van der Waals surface area (Å²) in [4.78, 5) is 11.8. The van der Waals surface area contributed by atoms with Gasteiger partial charge in [-0.1, -0.05) is 0 Å². The highest BCUT2D eigenvalue weighted by Crippen LogP contribution is 2.21. The smallest absolute Gasteiger partial charge is 0.236 e. The van der Waals surface area contributed by atoms with E-state index in [1.165, 1.54) is 0 Å². The minimum atomic E-state index is -0.263. The molecule has 5 nitrogen and oxygen atoms in total. The van der Waals surface area contributed by atoms with E-state index in [0.717, 1.165) is 17.1 Å². The molecule has 0 saturated heterocycles. The van der Waals surface area contributed by atoms with E-state index < -0.39 is 0 Å². The Labute approximate surface area is 114 Å². The second kappa shape index (κ2) is 7.31. The molecule has 2 atom stereocenters. The summed E-state index contributed by atoms with van der Waals surface area (Å²) in [5.74, 6) is 1.75. The monoisotopic (exact) mass is 268 g/mol. The minimum absolute atomic E-state index is 0.0261. The molecule has 2 unspecified atom stereocenters. The molecule has 1 aromatic heterocycles. The average molecular weight is 268 g/mol. The van der Waals surface area contributed by atoms with Crippen molar-refractivity contribution in [3.63, 3.8) is 0 Å². The molecule has 19 heavy (non-hydrogen) atoms. The fourth-order valence-electron chi connectivity index (χ4n) is 2.05. The largest absolute Gasteiger partial charge is 0.466 e. The van der Waals surface area contributed by atoms with Crippen LogP contribution in [0.1, 0.15) is 37.0 Å². The van der Waals surface area contributed by atoms with Crippen LogP contribution in [-0.2, 0) is 9.53 Å². The van der Waals surface area contributed by atoms with E-state index in [9.17, 15) is 4.79 Å². The molecular formula is C14H24N2O3. The van der Waals surface area contributed by atoms with Gasteiger partial charge in [-0.05, 0) is 33.8 Å². The van der Waals surface area contributed by atoms with Crippen molar-refractivity contribution in [1.29, 1.82) is 0 Å². The van der Waals surface area contributed by atoms with Gasteiger partial charge in [0.15, 0.2) is 0 Å². The van der Waals surface area contributed by atoms with Gasteiger partial charge in [0.05, 0.1) is 12.6 Å². The van der Waals surface area contributed by atoms with E-state index >= 15 is 0 Å². The number of methoxy groups -OCH3 is 1. The topological polar surface area (TPSA) is 63.5 Å². The first-order chi connectivity index (χ1) is 8.95. The molecule has 1 heterocycles. The van der Waals surface area contributed by atoms with Crippen LogP contribution in [0, 0.1) is 13.8 Å². The molecule has 0 aliphatic rings. The van der Waals surface area contributed by atoms with Gasteiger partial charge in [-0.3, -0.25) is 10.1 Å². The van der Waals surface area contributed by atoms with Gasteiger partial charge in [-0.15, -0.1) is 0 Å². The molecule has 0 saturated carbocycles. The fourth-order valence-corrected chi connectivity index (χ4v) is 2.05. The third-order valence-corrected chi connectivity index (χ3v) is 3.04. The van der Waals surface area contributed by atoms with Gasteiger partial charge in [0.25, 0.3) is 0 Å². The number of carbonyl (C=O) groups is 1. The summed E-state index contributed by atoms with van der Waals surface area (Å²) in [5, 5.41) is 6.07. The molecular weight excluding hydrogens is 244 g/mol. The Morgan fingerprint density at radius 2 is 2.11 bits per heavy atom. The summed E-state index contributed by atoms with van der Waals surface area (Å²) in [6, 6.07) is 1.81. The Balaban J connectivity index is 2.49. The van der Waals surface area contributed by atoms with Crippen LogP contribution in [0.5, 0.6) is 0 Å². The molecule has 108 valence electrons. The molecule has 0 bridgehead atoms. The second-order valence-corrected chi connectivity index (χ2v) is 4.76. The standard InChI is InChI=1S/C14H24N2O3/c1-9-8-13(12(4)19-9)10(2)16-11(3)14(17)15-6-7-18-5/h8,10-11,16H,6-7H2,1-5H3,(H,15,17). The zero-order valence-corrected chi connectivity index (χ0v) is 12.4. The van der Waals surface area contributed by atoms with E-state index in [4.69, 9.17) is 9.15 Å². The van der Waals surface area contributed by atoms with Crippen molar-refractivity contribution >= 4 is 5.91 Å². The van der Waals surface area contributed by atoms with Gasteiger partial charge in [0, 0.05) is 25.3 Å². The van der Waals surface area contributed by atoms with Crippen molar-refractivity contribution in [3.05, 3.63) is 23.2 Å². The molecule has 0 aromatic carbocycles. The molecule has 0 radical (unpaired) electrons. The Hall–Kier alpha value is -1.33. The van der Waals surface area contributed by atoms with Crippen molar-refractivity contribution in [1.82, 2.24) is 10.6 Å². The maximum absolute atomic E-state index is 11.8. The van der Waals surface area contributed by atoms with E-state index in [0.29, 0.717) is 13.2 Å². The maximum Gasteiger partial charge on any atom is 0.236 e. The van der Waals surface area contributed by atoms with Crippen LogP contribution >= 0.6 is 0 Å². The SMILES string of the molecule is COCCNC(=O)C(C)NC(C)c1cc(C)oc1C. The quantitative estimate of drug-likeness (QED) is 0.739. The number of furan rings is 1. The summed E-state index contributed by atoms with van der Waals surface area (Å²) >= 11 is 0. The first-order valence-corrected chi connectivity index (χ1v) is 6.55. The number of carbonyl (C=O) groups excluding carboxylic acids is 1. The molecule has 0 aliphatic carbocycles. The van der Waals surface area contributed by atoms with Gasteiger partial charge < -0.3 is 14.5 Å². The zero-order valence-electron chi connectivity index (χ0n) is 12.4. The number of rotatable bonds is 7. The van der Waals surface area contributed by atoms with Gasteiger partial charge in [-0.25, -0.2) is 0 Å². The fraction of sp³-hybridized carbons (Fsp3) is 0.643. The van der Waals surface area contributed by atoms with Crippen LogP contribution in [0.2, 0.25) is 0 Å². The third kappa shape index (κ3) is 4.69. The van der Waals surface area contributed by atoms with Crippen molar-refractivity contribution in [2.24, 2.45) is 0 Å². The Morgan fingerprint density at radius 1 is 1.42 bits per heavy atom. The van der Waals surface area contributed by atoms with Crippen molar-refractivity contribution in [2.45, 2.75) is 39.8 Å². The van der Waals surface area contributed by atoms with Crippen molar-refractivity contribution < 1.29 is 13.9 Å². The van der Waals surface area contributed by atoms with E-state index in [1.807, 2.05) is 33.8 Å². The molecule has 5 heteroatoms. The molecule has 2 N–H and O–H groups in total. The van der Waals surface area contributed by atoms with Crippen LogP contribution in [0.4, 0.5) is 0 Å². The highest BCUT2D eigenvalue weighted by Gasteiger charge is 2.18. The first-order valence-electron chi connectivity index (χ1n) is 6.55. The lowest BCUT2D eigenvalue weighted by atomic mass is 10.1. The van der Waals surface area contributed by atoms with E-state index in [2.05, 4.69) is 10.6 Å². The van der Waals surface area contributed by atoms with Gasteiger partial charge in [0.2, 0.25) is 5.91 Å². The molecule has 1 amide bonds. The summed E-state index contributed by atoms with van der Waals surface area (Å²) in [6.07, 6.45) is 0. The number of ether oxygens (including phenoxy) is 1. The summed E-state index contributed by atoms with van der Waals surface area (Å²) in [5.41, 5.74) is 1.09. The molecule has 1 aromatic rings. The van der Waals surface area contributed by atoms with Gasteiger partial charge >= 0.3 is 0 Å². The van der Waals surface area contributed by atoms with Crippen LogP contribution in [-0.4, -0.2) is 32.2 Å². The maximum atomic E-state index is 11.8. The lowest BCUT2D eigenvalue weighted by molar-refractivity contribution is -0.123. The lowest BCUT2D eigenvalue weighted by Crippen LogP contribution is -2.44. The van der Waals surface area contributed by atoms with Crippen molar-refractivity contribution in [3.8, 4) is 0 Å². The number of aryl methyl sites for hydroxylation is 2. The second-order valence-electron chi connectivity index (χ2n) is 4.76. The summed E-state index contributed by atoms with van der Waals surface area (Å²) in [7, 11) is 1.61. The number of hydrogen-bond acceptors (Lipinski definition) is 4. The van der Waals surface area contributed by atoms with Crippen molar-refractivity contribution in [2.75, 3.05) is 20.3 Å². The third-order valence-electron chi connectivity index (χ3n) is 3.04. The van der Waals surface area contributed by atoms with Crippen LogP contribution in [0.3, 0.4) is 0 Å². The first kappa shape index (κ1) is 15.7. The van der Waals surface area contributed by atoms with Crippen LogP contribution in [0.25, 0.3) is 0 Å². The average Bonchev–Trinajstić information content (AvgIpc) is 2.68. The van der Waals surface area contributed by atoms with E-state index in [-0.39, 0.29) is 18.0 Å². The lowest BCUT2D eigenvalue weighted by Gasteiger charge is -2.19. The highest BCUT2D eigenvalue weighted by atomic mass is 16.5. The Kier molecular flexibility index (Phi) is 6.05. The number of amides is 1. The van der Waals surface area contributed by atoms with Gasteiger partial charge in [-0.2, -0.15) is 0 Å². The zero-order chi connectivity index (χ0) is 14.4. The summed E-state index contributed by atoms with van der Waals surface area (Å²) < 4.78 is 10.4. The molecule has 0 spiro atoms. The normalized spacial score (nSPS) is 14.2. The Morgan fingerprint density at radius 3 is 2.63 bits per heavy atom. The Bertz CT molecular complexity index is 415. The van der Waals surface area contributed by atoms with Gasteiger partial charge in [0.1, 0.15) is 11.5 Å². The minimum Gasteiger partial charge on any atom is -0.466 e. The predicted octanol–water partition coefficient (Wildman–Crippen LogP) is 1.70. The van der Waals surface area contributed by atoms with Crippen LogP contribution in [0.15, 0.2) is 10.5 Å².